The van der Waals surface area contributed by atoms with E-state index in [0.29, 0.717) is 36.4 Å². The molecule has 3 rings (SSSR count). The summed E-state index contributed by atoms with van der Waals surface area (Å²) < 4.78 is 26.4. The van der Waals surface area contributed by atoms with E-state index in [1.807, 2.05) is 44.2 Å². The van der Waals surface area contributed by atoms with Gasteiger partial charge in [-0.15, -0.1) is 11.3 Å². The molecular formula is C25H31N3O4S2. The van der Waals surface area contributed by atoms with E-state index in [-0.39, 0.29) is 29.2 Å². The predicted molar refractivity (Wildman–Crippen MR) is 137 cm³/mol. The summed E-state index contributed by atoms with van der Waals surface area (Å²) in [7, 11) is -3.49. The van der Waals surface area contributed by atoms with Crippen LogP contribution in [-0.4, -0.2) is 49.5 Å². The third-order valence-corrected chi connectivity index (χ3v) is 7.86. The first-order valence-electron chi connectivity index (χ1n) is 11.4. The largest absolute Gasteiger partial charge is 0.355 e. The number of nitrogens with zero attached hydrogens (tertiary/aromatic N) is 1. The van der Waals surface area contributed by atoms with Crippen molar-refractivity contribution in [1.82, 2.24) is 15.6 Å². The number of benzene rings is 2. The Hall–Kier alpha value is -2.62. The van der Waals surface area contributed by atoms with Crippen LogP contribution in [0.25, 0.3) is 10.2 Å². The summed E-state index contributed by atoms with van der Waals surface area (Å²) in [5.74, 6) is -0.727. The average molecular weight is 502 g/mol. The van der Waals surface area contributed by atoms with Gasteiger partial charge in [-0.1, -0.05) is 56.3 Å². The number of rotatable bonds is 13. The van der Waals surface area contributed by atoms with Crippen molar-refractivity contribution >= 4 is 43.1 Å². The van der Waals surface area contributed by atoms with Gasteiger partial charge in [0.2, 0.25) is 5.91 Å². The van der Waals surface area contributed by atoms with Crippen molar-refractivity contribution in [1.29, 1.82) is 0 Å². The molecule has 0 saturated heterocycles. The van der Waals surface area contributed by atoms with Crippen molar-refractivity contribution in [2.45, 2.75) is 50.9 Å². The zero-order valence-corrected chi connectivity index (χ0v) is 21.1. The van der Waals surface area contributed by atoms with E-state index in [0.717, 1.165) is 10.2 Å². The molecule has 0 aliphatic carbocycles. The molecule has 9 heteroatoms. The van der Waals surface area contributed by atoms with Gasteiger partial charge in [0, 0.05) is 19.0 Å². The highest BCUT2D eigenvalue weighted by Crippen LogP contribution is 2.23. The summed E-state index contributed by atoms with van der Waals surface area (Å²) in [5.41, 5.74) is 1.53. The van der Waals surface area contributed by atoms with E-state index >= 15 is 0 Å². The van der Waals surface area contributed by atoms with Crippen LogP contribution in [0.5, 0.6) is 0 Å². The van der Waals surface area contributed by atoms with Gasteiger partial charge < -0.3 is 10.6 Å². The highest BCUT2D eigenvalue weighted by Gasteiger charge is 2.26. The van der Waals surface area contributed by atoms with Gasteiger partial charge in [0.1, 0.15) is 6.04 Å². The Morgan fingerprint density at radius 2 is 1.71 bits per heavy atom. The first-order valence-corrected chi connectivity index (χ1v) is 14.0. The molecule has 0 spiro atoms. The topological polar surface area (TPSA) is 105 Å². The maximum Gasteiger partial charge on any atom is 0.238 e. The Morgan fingerprint density at radius 1 is 1.00 bits per heavy atom. The van der Waals surface area contributed by atoms with Gasteiger partial charge in [-0.05, 0) is 30.5 Å². The molecule has 7 nitrogen and oxygen atoms in total. The van der Waals surface area contributed by atoms with Crippen molar-refractivity contribution in [3.63, 3.8) is 0 Å². The molecule has 1 heterocycles. The third kappa shape index (κ3) is 8.00. The van der Waals surface area contributed by atoms with Crippen LogP contribution < -0.4 is 10.6 Å². The minimum atomic E-state index is -3.49. The Morgan fingerprint density at radius 3 is 2.41 bits per heavy atom. The maximum atomic E-state index is 12.7. The van der Waals surface area contributed by atoms with Crippen LogP contribution in [0.1, 0.15) is 48.5 Å². The Balaban J connectivity index is 1.46. The van der Waals surface area contributed by atoms with Crippen molar-refractivity contribution in [2.75, 3.05) is 12.3 Å². The lowest BCUT2D eigenvalue weighted by Crippen LogP contribution is -2.50. The lowest BCUT2D eigenvalue weighted by molar-refractivity contribution is -0.122. The van der Waals surface area contributed by atoms with E-state index in [1.165, 1.54) is 11.3 Å². The Bertz CT molecular complexity index is 1170. The SMILES string of the molecule is CC(C)N[C@@H](CS(=O)(=O)Cc1ccccc1)C(=O)NCCCCC(=O)c1nc2ccccc2s1. The second-order valence-electron chi connectivity index (χ2n) is 8.57. The summed E-state index contributed by atoms with van der Waals surface area (Å²) in [6.07, 6.45) is 1.59. The van der Waals surface area contributed by atoms with E-state index in [2.05, 4.69) is 15.6 Å². The maximum absolute atomic E-state index is 12.7. The van der Waals surface area contributed by atoms with E-state index in [9.17, 15) is 18.0 Å². The average Bonchev–Trinajstić information content (AvgIpc) is 3.22. The van der Waals surface area contributed by atoms with Crippen molar-refractivity contribution in [3.05, 3.63) is 65.2 Å². The predicted octanol–water partition coefficient (Wildman–Crippen LogP) is 3.75. The monoisotopic (exact) mass is 501 g/mol. The number of fused-ring (bicyclic) bond motifs is 1. The van der Waals surface area contributed by atoms with Gasteiger partial charge in [-0.2, -0.15) is 0 Å². The lowest BCUT2D eigenvalue weighted by Gasteiger charge is -2.21. The van der Waals surface area contributed by atoms with Crippen LogP contribution in [0.15, 0.2) is 54.6 Å². The Labute approximate surface area is 204 Å². The first kappa shape index (κ1) is 26.0. The highest BCUT2D eigenvalue weighted by molar-refractivity contribution is 7.90. The summed E-state index contributed by atoms with van der Waals surface area (Å²) in [6.45, 7) is 4.12. The number of carbonyl (C=O) groups is 2. The minimum Gasteiger partial charge on any atom is -0.355 e. The number of carbonyl (C=O) groups excluding carboxylic acids is 2. The van der Waals surface area contributed by atoms with Crippen molar-refractivity contribution in [2.24, 2.45) is 0 Å². The fourth-order valence-electron chi connectivity index (χ4n) is 3.59. The molecule has 0 fully saturated rings. The molecule has 0 bridgehead atoms. The third-order valence-electron chi connectivity index (χ3n) is 5.16. The van der Waals surface area contributed by atoms with Crippen molar-refractivity contribution in [3.8, 4) is 0 Å². The van der Waals surface area contributed by atoms with Crippen LogP contribution >= 0.6 is 11.3 Å². The molecule has 34 heavy (non-hydrogen) atoms. The fourth-order valence-corrected chi connectivity index (χ4v) is 6.09. The summed E-state index contributed by atoms with van der Waals surface area (Å²) in [5, 5.41) is 6.39. The number of nitrogens with one attached hydrogen (secondary N) is 2. The molecule has 0 unspecified atom stereocenters. The number of Topliss-reactive ketones (excluding diaryl/α,β-unsaturated/α-hetero) is 1. The molecule has 2 aromatic carbocycles. The molecule has 2 N–H and O–H groups in total. The molecular weight excluding hydrogens is 470 g/mol. The molecule has 182 valence electrons. The molecule has 1 aromatic heterocycles. The van der Waals surface area contributed by atoms with Gasteiger partial charge in [-0.3, -0.25) is 9.59 Å². The molecule has 1 atom stereocenters. The molecule has 1 amide bonds. The minimum absolute atomic E-state index is 0.00103. The second kappa shape index (κ2) is 12.2. The molecule has 0 radical (unpaired) electrons. The second-order valence-corrected chi connectivity index (χ2v) is 11.7. The Kier molecular flexibility index (Phi) is 9.32. The number of aromatic nitrogens is 1. The number of hydrogen-bond donors (Lipinski definition) is 2. The normalized spacial score (nSPS) is 12.7. The zero-order chi connectivity index (χ0) is 24.6. The smallest absolute Gasteiger partial charge is 0.238 e. The fraction of sp³-hybridized carbons (Fsp3) is 0.400. The molecule has 0 aliphatic heterocycles. The molecule has 0 aliphatic rings. The van der Waals surface area contributed by atoms with Crippen LogP contribution in [0.4, 0.5) is 0 Å². The van der Waals surface area contributed by atoms with E-state index in [1.54, 1.807) is 24.3 Å². The standard InChI is InChI=1S/C25H31N3O4S2/c1-18(2)27-21(17-34(31,32)16-19-10-4-3-5-11-19)24(30)26-15-9-8-13-22(29)25-28-20-12-6-7-14-23(20)33-25/h3-7,10-12,14,18,21,27H,8-9,13,15-17H2,1-2H3,(H,26,30)/t21-/m0/s1. The van der Waals surface area contributed by atoms with Crippen molar-refractivity contribution < 1.29 is 18.0 Å². The van der Waals surface area contributed by atoms with Gasteiger partial charge in [-0.25, -0.2) is 13.4 Å². The van der Waals surface area contributed by atoms with Gasteiger partial charge in [0.15, 0.2) is 20.6 Å². The number of amides is 1. The van der Waals surface area contributed by atoms with Crippen LogP contribution in [0, 0.1) is 0 Å². The quantitative estimate of drug-likeness (QED) is 0.273. The van der Waals surface area contributed by atoms with Gasteiger partial charge >= 0.3 is 0 Å². The lowest BCUT2D eigenvalue weighted by atomic mass is 10.2. The van der Waals surface area contributed by atoms with Crippen LogP contribution in [-0.2, 0) is 20.4 Å². The number of sulfone groups is 1. The van der Waals surface area contributed by atoms with E-state index < -0.39 is 15.9 Å². The first-order chi connectivity index (χ1) is 16.2. The summed E-state index contributed by atoms with van der Waals surface area (Å²) in [4.78, 5) is 29.5. The number of hydrogen-bond acceptors (Lipinski definition) is 7. The number of para-hydroxylation sites is 1. The molecule has 3 aromatic rings. The number of thiazole rings is 1. The summed E-state index contributed by atoms with van der Waals surface area (Å²) in [6, 6.07) is 15.7. The van der Waals surface area contributed by atoms with Crippen LogP contribution in [0.3, 0.4) is 0 Å². The summed E-state index contributed by atoms with van der Waals surface area (Å²) >= 11 is 1.39. The van der Waals surface area contributed by atoms with Crippen LogP contribution in [0.2, 0.25) is 0 Å². The number of ketones is 1. The van der Waals surface area contributed by atoms with Gasteiger partial charge in [0.25, 0.3) is 0 Å². The van der Waals surface area contributed by atoms with E-state index in [4.69, 9.17) is 0 Å². The highest BCUT2D eigenvalue weighted by atomic mass is 32.2. The number of unbranched alkanes of at least 4 members (excludes halogenated alkanes) is 1. The zero-order valence-electron chi connectivity index (χ0n) is 19.5. The molecule has 0 saturated carbocycles. The van der Waals surface area contributed by atoms with Gasteiger partial charge in [0.05, 0.1) is 21.7 Å².